The topological polar surface area (TPSA) is 55.1 Å². The van der Waals surface area contributed by atoms with Crippen LogP contribution >= 0.6 is 0 Å². The summed E-state index contributed by atoms with van der Waals surface area (Å²) < 4.78 is 0. The third kappa shape index (κ3) is 5.13. The Bertz CT molecular complexity index is 134. The molecule has 0 heterocycles. The lowest BCUT2D eigenvalue weighted by Crippen LogP contribution is -2.41. The van der Waals surface area contributed by atoms with Crippen LogP contribution in [-0.2, 0) is 4.79 Å². The molecule has 0 aromatic heterocycles. The van der Waals surface area contributed by atoms with Gasteiger partial charge in [0.1, 0.15) is 0 Å². The van der Waals surface area contributed by atoms with Crippen molar-refractivity contribution in [2.75, 3.05) is 6.54 Å². The van der Waals surface area contributed by atoms with E-state index in [1.165, 1.54) is 0 Å². The summed E-state index contributed by atoms with van der Waals surface area (Å²) in [4.78, 5) is 10.8. The smallest absolute Gasteiger partial charge is 0.234 e. The van der Waals surface area contributed by atoms with E-state index in [2.05, 4.69) is 19.2 Å². The maximum atomic E-state index is 10.8. The molecule has 3 heteroatoms. The number of rotatable bonds is 6. The fourth-order valence-electron chi connectivity index (χ4n) is 0.992. The monoisotopic (exact) mass is 172 g/mol. The number of amides is 1. The Kier molecular flexibility index (Phi) is 5.72. The van der Waals surface area contributed by atoms with Gasteiger partial charge in [-0.05, 0) is 25.3 Å². The average Bonchev–Trinajstić information content (AvgIpc) is 1.96. The van der Waals surface area contributed by atoms with Gasteiger partial charge in [0.05, 0.1) is 6.04 Å². The minimum atomic E-state index is -0.249. The lowest BCUT2D eigenvalue weighted by atomic mass is 10.1. The predicted molar refractivity (Wildman–Crippen MR) is 50.7 cm³/mol. The summed E-state index contributed by atoms with van der Waals surface area (Å²) in [5.74, 6) is 0.420. The molecule has 0 aromatic carbocycles. The lowest BCUT2D eigenvalue weighted by Gasteiger charge is -2.13. The Morgan fingerprint density at radius 2 is 2.08 bits per heavy atom. The van der Waals surface area contributed by atoms with Gasteiger partial charge in [0, 0.05) is 0 Å². The van der Waals surface area contributed by atoms with E-state index < -0.39 is 0 Å². The summed E-state index contributed by atoms with van der Waals surface area (Å²) in [5.41, 5.74) is 5.16. The molecule has 0 spiro atoms. The number of carbonyl (C=O) groups is 1. The highest BCUT2D eigenvalue weighted by atomic mass is 16.1. The highest BCUT2D eigenvalue weighted by Gasteiger charge is 2.10. The molecule has 0 aliphatic heterocycles. The standard InChI is InChI=1S/C9H20N2O/c1-4-8(9(10)12)11-6-5-7(2)3/h7-8,11H,4-6H2,1-3H3,(H2,10,12). The van der Waals surface area contributed by atoms with Crippen molar-refractivity contribution >= 4 is 5.91 Å². The summed E-state index contributed by atoms with van der Waals surface area (Å²) in [6.45, 7) is 7.15. The first-order valence-corrected chi connectivity index (χ1v) is 4.60. The maximum absolute atomic E-state index is 10.8. The van der Waals surface area contributed by atoms with Crippen LogP contribution in [0.2, 0.25) is 0 Å². The summed E-state index contributed by atoms with van der Waals surface area (Å²) >= 11 is 0. The van der Waals surface area contributed by atoms with Crippen LogP contribution in [0.25, 0.3) is 0 Å². The molecule has 0 saturated heterocycles. The van der Waals surface area contributed by atoms with Crippen LogP contribution in [0.15, 0.2) is 0 Å². The van der Waals surface area contributed by atoms with Gasteiger partial charge in [0.15, 0.2) is 0 Å². The number of hydrogen-bond acceptors (Lipinski definition) is 2. The van der Waals surface area contributed by atoms with Gasteiger partial charge in [-0.1, -0.05) is 20.8 Å². The molecular formula is C9H20N2O. The molecule has 0 aliphatic rings. The van der Waals surface area contributed by atoms with Crippen molar-refractivity contribution in [3.05, 3.63) is 0 Å². The van der Waals surface area contributed by atoms with Gasteiger partial charge in [-0.2, -0.15) is 0 Å². The summed E-state index contributed by atoms with van der Waals surface area (Å²) in [6.07, 6.45) is 1.86. The van der Waals surface area contributed by atoms with E-state index in [0.717, 1.165) is 19.4 Å². The van der Waals surface area contributed by atoms with Gasteiger partial charge in [-0.3, -0.25) is 4.79 Å². The highest BCUT2D eigenvalue weighted by molar-refractivity contribution is 5.79. The van der Waals surface area contributed by atoms with Gasteiger partial charge in [0.25, 0.3) is 0 Å². The number of carbonyl (C=O) groups excluding carboxylic acids is 1. The normalized spacial score (nSPS) is 13.3. The number of nitrogens with one attached hydrogen (secondary N) is 1. The predicted octanol–water partition coefficient (Wildman–Crippen LogP) is 0.886. The summed E-state index contributed by atoms with van der Waals surface area (Å²) in [6, 6.07) is -0.149. The molecule has 0 rings (SSSR count). The molecule has 0 fully saturated rings. The average molecular weight is 172 g/mol. The van der Waals surface area contributed by atoms with Crippen molar-refractivity contribution in [3.8, 4) is 0 Å². The molecular weight excluding hydrogens is 152 g/mol. The SMILES string of the molecule is CCC(NCCC(C)C)C(N)=O. The van der Waals surface area contributed by atoms with Crippen molar-refractivity contribution in [3.63, 3.8) is 0 Å². The molecule has 3 nitrogen and oxygen atoms in total. The first-order valence-electron chi connectivity index (χ1n) is 4.60. The van der Waals surface area contributed by atoms with Crippen LogP contribution in [0, 0.1) is 5.92 Å². The van der Waals surface area contributed by atoms with E-state index in [0.29, 0.717) is 5.92 Å². The number of nitrogens with two attached hydrogens (primary N) is 1. The Hall–Kier alpha value is -0.570. The molecule has 12 heavy (non-hydrogen) atoms. The first kappa shape index (κ1) is 11.4. The molecule has 0 aromatic rings. The van der Waals surface area contributed by atoms with E-state index in [-0.39, 0.29) is 11.9 Å². The van der Waals surface area contributed by atoms with Crippen molar-refractivity contribution in [2.45, 2.75) is 39.7 Å². The van der Waals surface area contributed by atoms with Crippen LogP contribution < -0.4 is 11.1 Å². The molecule has 0 bridgehead atoms. The Labute approximate surface area is 74.7 Å². The van der Waals surface area contributed by atoms with Gasteiger partial charge >= 0.3 is 0 Å². The highest BCUT2D eigenvalue weighted by Crippen LogP contribution is 1.98. The lowest BCUT2D eigenvalue weighted by molar-refractivity contribution is -0.120. The Morgan fingerprint density at radius 3 is 2.42 bits per heavy atom. The Morgan fingerprint density at radius 1 is 1.50 bits per heavy atom. The molecule has 0 aliphatic carbocycles. The van der Waals surface area contributed by atoms with E-state index in [1.807, 2.05) is 6.92 Å². The third-order valence-electron chi connectivity index (χ3n) is 1.86. The molecule has 0 saturated carbocycles. The second kappa shape index (κ2) is 6.00. The fourth-order valence-corrected chi connectivity index (χ4v) is 0.992. The van der Waals surface area contributed by atoms with Crippen LogP contribution in [0.5, 0.6) is 0 Å². The quantitative estimate of drug-likeness (QED) is 0.625. The number of primary amides is 1. The zero-order valence-electron chi connectivity index (χ0n) is 8.26. The molecule has 3 N–H and O–H groups in total. The minimum absolute atomic E-state index is 0.149. The van der Waals surface area contributed by atoms with Gasteiger partial charge in [-0.25, -0.2) is 0 Å². The van der Waals surface area contributed by atoms with E-state index in [9.17, 15) is 4.79 Å². The third-order valence-corrected chi connectivity index (χ3v) is 1.86. The molecule has 0 radical (unpaired) electrons. The largest absolute Gasteiger partial charge is 0.368 e. The summed E-state index contributed by atoms with van der Waals surface area (Å²) in [5, 5.41) is 3.13. The van der Waals surface area contributed by atoms with Crippen molar-refractivity contribution in [1.82, 2.24) is 5.32 Å². The zero-order valence-corrected chi connectivity index (χ0v) is 8.26. The van der Waals surface area contributed by atoms with Gasteiger partial charge < -0.3 is 11.1 Å². The van der Waals surface area contributed by atoms with E-state index in [4.69, 9.17) is 5.73 Å². The zero-order chi connectivity index (χ0) is 9.56. The minimum Gasteiger partial charge on any atom is -0.368 e. The van der Waals surface area contributed by atoms with Crippen LogP contribution in [0.1, 0.15) is 33.6 Å². The van der Waals surface area contributed by atoms with Crippen molar-refractivity contribution in [2.24, 2.45) is 11.7 Å². The van der Waals surface area contributed by atoms with E-state index in [1.54, 1.807) is 0 Å². The maximum Gasteiger partial charge on any atom is 0.234 e. The van der Waals surface area contributed by atoms with Crippen LogP contribution in [0.4, 0.5) is 0 Å². The summed E-state index contributed by atoms with van der Waals surface area (Å²) in [7, 11) is 0. The van der Waals surface area contributed by atoms with E-state index >= 15 is 0 Å². The van der Waals surface area contributed by atoms with Crippen molar-refractivity contribution in [1.29, 1.82) is 0 Å². The van der Waals surface area contributed by atoms with Gasteiger partial charge in [0.2, 0.25) is 5.91 Å². The second-order valence-electron chi connectivity index (χ2n) is 3.50. The molecule has 72 valence electrons. The van der Waals surface area contributed by atoms with Crippen LogP contribution in [-0.4, -0.2) is 18.5 Å². The van der Waals surface area contributed by atoms with Crippen molar-refractivity contribution < 1.29 is 4.79 Å². The molecule has 1 amide bonds. The second-order valence-corrected chi connectivity index (χ2v) is 3.50. The van der Waals surface area contributed by atoms with Crippen LogP contribution in [0.3, 0.4) is 0 Å². The number of hydrogen-bond donors (Lipinski definition) is 2. The van der Waals surface area contributed by atoms with Gasteiger partial charge in [-0.15, -0.1) is 0 Å². The Balaban J connectivity index is 3.52. The first-order chi connectivity index (χ1) is 5.57. The molecule has 1 unspecified atom stereocenters. The fraction of sp³-hybridized carbons (Fsp3) is 0.889. The molecule has 1 atom stereocenters.